The molecule has 0 radical (unpaired) electrons. The number of ether oxygens (including phenoxy) is 4. The van der Waals surface area contributed by atoms with Gasteiger partial charge in [-0.3, -0.25) is 4.79 Å². The van der Waals surface area contributed by atoms with Crippen molar-refractivity contribution in [2.24, 2.45) is 5.10 Å². The van der Waals surface area contributed by atoms with Crippen LogP contribution in [0.25, 0.3) is 0 Å². The third-order valence-electron chi connectivity index (χ3n) is 4.63. The molecule has 3 aromatic rings. The molecule has 0 bridgehead atoms. The fourth-order valence-corrected chi connectivity index (χ4v) is 2.92. The second-order valence-electron chi connectivity index (χ2n) is 7.06. The number of rotatable bonds is 12. The van der Waals surface area contributed by atoms with E-state index in [-0.39, 0.29) is 24.8 Å². The lowest BCUT2D eigenvalue weighted by Crippen LogP contribution is -2.25. The van der Waals surface area contributed by atoms with Crippen molar-refractivity contribution in [2.75, 3.05) is 32.7 Å². The molecule has 0 saturated carbocycles. The largest absolute Gasteiger partial charge is 0.497 e. The van der Waals surface area contributed by atoms with E-state index in [2.05, 4.69) is 20.6 Å². The second kappa shape index (κ2) is 12.7. The molecule has 0 atom stereocenters. The van der Waals surface area contributed by atoms with Crippen molar-refractivity contribution in [3.63, 3.8) is 0 Å². The third-order valence-corrected chi connectivity index (χ3v) is 4.63. The zero-order valence-corrected chi connectivity index (χ0v) is 19.7. The number of hydrogen-bond donors (Lipinski definition) is 2. The maximum Gasteiger partial charge on any atom is 0.373 e. The standard InChI is InChI=1S/C25H27N3O7/c1-4-33-23-13-17(5-11-21(23)34-16-20-10-12-22(35-20)25(30)32-3)14-27-28-24(29)15-26-18-6-8-19(31-2)9-7-18/h5-14,26H,4,15-16H2,1-3H3,(H,28,29)/b27-14+. The van der Waals surface area contributed by atoms with E-state index in [1.54, 1.807) is 43.5 Å². The molecule has 2 N–H and O–H groups in total. The van der Waals surface area contributed by atoms with Gasteiger partial charge in [0.15, 0.2) is 11.5 Å². The number of hydrogen-bond acceptors (Lipinski definition) is 9. The molecule has 10 nitrogen and oxygen atoms in total. The Morgan fingerprint density at radius 2 is 1.80 bits per heavy atom. The fourth-order valence-electron chi connectivity index (χ4n) is 2.92. The van der Waals surface area contributed by atoms with Crippen LogP contribution in [0.5, 0.6) is 17.2 Å². The van der Waals surface area contributed by atoms with E-state index in [0.717, 1.165) is 11.4 Å². The van der Waals surface area contributed by atoms with E-state index in [1.807, 2.05) is 19.1 Å². The molecule has 1 aromatic heterocycles. The minimum absolute atomic E-state index is 0.0606. The highest BCUT2D eigenvalue weighted by Crippen LogP contribution is 2.29. The molecule has 3 rings (SSSR count). The van der Waals surface area contributed by atoms with E-state index in [4.69, 9.17) is 18.6 Å². The minimum Gasteiger partial charge on any atom is -0.497 e. The van der Waals surface area contributed by atoms with E-state index in [0.29, 0.717) is 29.4 Å². The quantitative estimate of drug-likeness (QED) is 0.229. The van der Waals surface area contributed by atoms with Crippen LogP contribution >= 0.6 is 0 Å². The van der Waals surface area contributed by atoms with Gasteiger partial charge >= 0.3 is 5.97 Å². The lowest BCUT2D eigenvalue weighted by atomic mass is 10.2. The molecule has 1 heterocycles. The summed E-state index contributed by atoms with van der Waals surface area (Å²) in [4.78, 5) is 23.5. The SMILES string of the molecule is CCOc1cc(/C=N/NC(=O)CNc2ccc(OC)cc2)ccc1OCc1ccc(C(=O)OC)o1. The Kier molecular flexibility index (Phi) is 9.12. The van der Waals surface area contributed by atoms with E-state index in [1.165, 1.54) is 19.4 Å². The highest BCUT2D eigenvalue weighted by molar-refractivity contribution is 5.86. The second-order valence-corrected chi connectivity index (χ2v) is 7.06. The number of amides is 1. The Balaban J connectivity index is 1.53. The summed E-state index contributed by atoms with van der Waals surface area (Å²) >= 11 is 0. The Morgan fingerprint density at radius 3 is 2.51 bits per heavy atom. The molecule has 184 valence electrons. The highest BCUT2D eigenvalue weighted by atomic mass is 16.5. The molecule has 0 aliphatic rings. The summed E-state index contributed by atoms with van der Waals surface area (Å²) in [6.07, 6.45) is 1.51. The molecule has 35 heavy (non-hydrogen) atoms. The summed E-state index contributed by atoms with van der Waals surface area (Å²) in [6.45, 7) is 2.45. The molecule has 2 aromatic carbocycles. The number of nitrogens with one attached hydrogen (secondary N) is 2. The number of hydrazone groups is 1. The van der Waals surface area contributed by atoms with Gasteiger partial charge in [-0.15, -0.1) is 0 Å². The number of nitrogens with zero attached hydrogens (tertiary/aromatic N) is 1. The first-order valence-corrected chi connectivity index (χ1v) is 10.8. The molecule has 0 saturated heterocycles. The third kappa shape index (κ3) is 7.53. The summed E-state index contributed by atoms with van der Waals surface area (Å²) in [5.74, 6) is 1.44. The van der Waals surface area contributed by atoms with Gasteiger partial charge in [0, 0.05) is 5.69 Å². The smallest absolute Gasteiger partial charge is 0.373 e. The van der Waals surface area contributed by atoms with Gasteiger partial charge in [0.1, 0.15) is 18.1 Å². The van der Waals surface area contributed by atoms with Crippen molar-refractivity contribution >= 4 is 23.8 Å². The van der Waals surface area contributed by atoms with Crippen molar-refractivity contribution in [1.29, 1.82) is 0 Å². The van der Waals surface area contributed by atoms with Gasteiger partial charge in [0.05, 0.1) is 33.6 Å². The van der Waals surface area contributed by atoms with Crippen LogP contribution in [0.4, 0.5) is 5.69 Å². The van der Waals surface area contributed by atoms with Crippen LogP contribution in [0.15, 0.2) is 64.1 Å². The molecular weight excluding hydrogens is 454 g/mol. The van der Waals surface area contributed by atoms with Crippen LogP contribution in [0.2, 0.25) is 0 Å². The van der Waals surface area contributed by atoms with Crippen molar-refractivity contribution in [1.82, 2.24) is 5.43 Å². The first kappa shape index (κ1) is 25.2. The molecule has 10 heteroatoms. The topological polar surface area (TPSA) is 121 Å². The molecule has 0 aliphatic heterocycles. The lowest BCUT2D eigenvalue weighted by molar-refractivity contribution is -0.119. The maximum atomic E-state index is 12.0. The number of carbonyl (C=O) groups is 2. The predicted octanol–water partition coefficient (Wildman–Crippen LogP) is 3.61. The Hall–Kier alpha value is -4.47. The van der Waals surface area contributed by atoms with Crippen LogP contribution in [0, 0.1) is 0 Å². The van der Waals surface area contributed by atoms with E-state index < -0.39 is 5.97 Å². The number of esters is 1. The zero-order valence-electron chi connectivity index (χ0n) is 19.7. The van der Waals surface area contributed by atoms with Gasteiger partial charge in [0.25, 0.3) is 5.91 Å². The summed E-state index contributed by atoms with van der Waals surface area (Å²) in [5.41, 5.74) is 3.97. The Labute approximate surface area is 202 Å². The van der Waals surface area contributed by atoms with Gasteiger partial charge < -0.3 is 28.7 Å². The molecule has 0 spiro atoms. The number of benzene rings is 2. The van der Waals surface area contributed by atoms with Crippen molar-refractivity contribution in [2.45, 2.75) is 13.5 Å². The van der Waals surface area contributed by atoms with Gasteiger partial charge in [-0.1, -0.05) is 0 Å². The Bertz CT molecular complexity index is 1160. The average molecular weight is 482 g/mol. The first-order valence-electron chi connectivity index (χ1n) is 10.8. The number of anilines is 1. The van der Waals surface area contributed by atoms with Crippen molar-refractivity contribution in [3.8, 4) is 17.2 Å². The predicted molar refractivity (Wildman–Crippen MR) is 129 cm³/mol. The lowest BCUT2D eigenvalue weighted by Gasteiger charge is -2.11. The van der Waals surface area contributed by atoms with Gasteiger partial charge in [-0.05, 0) is 67.1 Å². The minimum atomic E-state index is -0.557. The van der Waals surface area contributed by atoms with Gasteiger partial charge in [-0.2, -0.15) is 5.10 Å². The average Bonchev–Trinajstić information content (AvgIpc) is 3.36. The fraction of sp³-hybridized carbons (Fsp3) is 0.240. The van der Waals surface area contributed by atoms with Gasteiger partial charge in [-0.25, -0.2) is 10.2 Å². The summed E-state index contributed by atoms with van der Waals surface area (Å²) in [7, 11) is 2.88. The number of furan rings is 1. The summed E-state index contributed by atoms with van der Waals surface area (Å²) in [5, 5.41) is 7.00. The van der Waals surface area contributed by atoms with Crippen LogP contribution < -0.4 is 25.0 Å². The maximum absolute atomic E-state index is 12.0. The molecular formula is C25H27N3O7. The van der Waals surface area contributed by atoms with Crippen LogP contribution in [-0.2, 0) is 16.1 Å². The summed E-state index contributed by atoms with van der Waals surface area (Å²) < 4.78 is 26.6. The van der Waals surface area contributed by atoms with E-state index >= 15 is 0 Å². The zero-order chi connectivity index (χ0) is 25.0. The normalized spacial score (nSPS) is 10.6. The first-order chi connectivity index (χ1) is 17.0. The highest BCUT2D eigenvalue weighted by Gasteiger charge is 2.13. The van der Waals surface area contributed by atoms with Gasteiger partial charge in [0.2, 0.25) is 5.76 Å². The molecule has 0 aliphatic carbocycles. The molecule has 1 amide bonds. The van der Waals surface area contributed by atoms with Crippen molar-refractivity contribution in [3.05, 3.63) is 71.7 Å². The van der Waals surface area contributed by atoms with Crippen LogP contribution in [-0.4, -0.2) is 45.5 Å². The van der Waals surface area contributed by atoms with Crippen molar-refractivity contribution < 1.29 is 33.0 Å². The summed E-state index contributed by atoms with van der Waals surface area (Å²) in [6, 6.07) is 15.6. The molecule has 0 fully saturated rings. The monoisotopic (exact) mass is 481 g/mol. The van der Waals surface area contributed by atoms with Crippen LogP contribution in [0.1, 0.15) is 28.8 Å². The van der Waals surface area contributed by atoms with Crippen LogP contribution in [0.3, 0.4) is 0 Å². The number of methoxy groups -OCH3 is 2. The van der Waals surface area contributed by atoms with E-state index in [9.17, 15) is 9.59 Å². The molecule has 0 unspecified atom stereocenters. The Morgan fingerprint density at radius 1 is 1.00 bits per heavy atom. The number of carbonyl (C=O) groups excluding carboxylic acids is 2.